The number of anilines is 4. The van der Waals surface area contributed by atoms with E-state index in [1.807, 2.05) is 12.1 Å². The van der Waals surface area contributed by atoms with Crippen molar-refractivity contribution >= 4 is 40.8 Å². The molecule has 37 heavy (non-hydrogen) atoms. The number of rotatable bonds is 10. The molecule has 1 heterocycles. The van der Waals surface area contributed by atoms with Crippen molar-refractivity contribution in [2.45, 2.75) is 25.7 Å². The quantitative estimate of drug-likeness (QED) is 0.106. The molecule has 3 rings (SSSR count). The summed E-state index contributed by atoms with van der Waals surface area (Å²) < 4.78 is 10.9. The number of carbonyl (C=O) groups excluding carboxylic acids is 2. The Morgan fingerprint density at radius 1 is 1.03 bits per heavy atom. The van der Waals surface area contributed by atoms with Gasteiger partial charge in [-0.2, -0.15) is 14.8 Å². The standard InChI is InChI=1S/C26H31N7O4/c1-17(30-22-12-7-10-20(27)15-22)31-26(32-21-11-6-9-18(14-21)25(35)37-3)33-24(28)19(16-29-33)8-4-5-13-23(34)36-2/h6-7,9-12,14-16,30H,1,4-5,8,13,27-28H2,2-3H3,(H,31,32). The van der Waals surface area contributed by atoms with Crippen LogP contribution in [0.25, 0.3) is 0 Å². The van der Waals surface area contributed by atoms with Gasteiger partial charge in [0.25, 0.3) is 0 Å². The van der Waals surface area contributed by atoms with Gasteiger partial charge in [-0.1, -0.05) is 18.7 Å². The molecule has 0 radical (unpaired) electrons. The number of nitrogens with one attached hydrogen (secondary N) is 2. The third-order valence-electron chi connectivity index (χ3n) is 5.35. The highest BCUT2D eigenvalue weighted by atomic mass is 16.5. The van der Waals surface area contributed by atoms with E-state index in [-0.39, 0.29) is 11.9 Å². The van der Waals surface area contributed by atoms with Gasteiger partial charge >= 0.3 is 11.9 Å². The zero-order valence-electron chi connectivity index (χ0n) is 20.9. The van der Waals surface area contributed by atoms with Crippen molar-refractivity contribution in [1.29, 1.82) is 0 Å². The number of ether oxygens (including phenoxy) is 2. The summed E-state index contributed by atoms with van der Waals surface area (Å²) in [6.45, 7) is 3.99. The van der Waals surface area contributed by atoms with Crippen LogP contribution in [-0.4, -0.2) is 41.9 Å². The average molecular weight is 506 g/mol. The van der Waals surface area contributed by atoms with Crippen LogP contribution in [0.15, 0.2) is 72.1 Å². The predicted molar refractivity (Wildman–Crippen MR) is 144 cm³/mol. The van der Waals surface area contributed by atoms with E-state index in [1.54, 1.807) is 42.6 Å². The molecule has 0 spiro atoms. The summed E-state index contributed by atoms with van der Waals surface area (Å²) in [6.07, 6.45) is 4.01. The Hall–Kier alpha value is -4.80. The number of nitrogens with zero attached hydrogens (tertiary/aromatic N) is 3. The van der Waals surface area contributed by atoms with Crippen LogP contribution in [0.2, 0.25) is 0 Å². The number of hydrogen-bond acceptors (Lipinski definition) is 9. The van der Waals surface area contributed by atoms with Crippen molar-refractivity contribution in [2.24, 2.45) is 4.99 Å². The second-order valence-electron chi connectivity index (χ2n) is 8.08. The van der Waals surface area contributed by atoms with Crippen molar-refractivity contribution in [1.82, 2.24) is 9.78 Å². The molecule has 0 aliphatic rings. The van der Waals surface area contributed by atoms with Crippen LogP contribution >= 0.6 is 0 Å². The van der Waals surface area contributed by atoms with Crippen molar-refractivity contribution in [3.05, 3.63) is 78.3 Å². The molecule has 0 atom stereocenters. The predicted octanol–water partition coefficient (Wildman–Crippen LogP) is 3.62. The lowest BCUT2D eigenvalue weighted by Crippen LogP contribution is -2.25. The van der Waals surface area contributed by atoms with Gasteiger partial charge in [-0.25, -0.2) is 4.79 Å². The summed E-state index contributed by atoms with van der Waals surface area (Å²) in [5, 5.41) is 10.7. The molecule has 1 aromatic heterocycles. The minimum absolute atomic E-state index is 0.248. The topological polar surface area (TPSA) is 159 Å². The molecule has 0 unspecified atom stereocenters. The Labute approximate surface area is 215 Å². The van der Waals surface area contributed by atoms with E-state index in [4.69, 9.17) is 16.2 Å². The van der Waals surface area contributed by atoms with Gasteiger partial charge in [0.1, 0.15) is 11.6 Å². The van der Waals surface area contributed by atoms with E-state index in [9.17, 15) is 9.59 Å². The van der Waals surface area contributed by atoms with Gasteiger partial charge in [-0.3, -0.25) is 4.79 Å². The molecule has 2 aromatic carbocycles. The maximum atomic E-state index is 12.0. The maximum Gasteiger partial charge on any atom is 0.337 e. The van der Waals surface area contributed by atoms with Gasteiger partial charge in [-0.05, 0) is 55.7 Å². The van der Waals surface area contributed by atoms with Gasteiger partial charge < -0.3 is 31.6 Å². The van der Waals surface area contributed by atoms with Crippen molar-refractivity contribution in [2.75, 3.05) is 36.3 Å². The number of esters is 2. The highest BCUT2D eigenvalue weighted by molar-refractivity contribution is 5.99. The number of hydrogen-bond donors (Lipinski definition) is 4. The number of methoxy groups -OCH3 is 2. The second-order valence-corrected chi connectivity index (χ2v) is 8.08. The molecule has 0 saturated heterocycles. The molecule has 11 heteroatoms. The lowest BCUT2D eigenvalue weighted by molar-refractivity contribution is -0.140. The number of carbonyl (C=O) groups is 2. The number of aromatic nitrogens is 2. The summed E-state index contributed by atoms with van der Waals surface area (Å²) >= 11 is 0. The zero-order valence-corrected chi connectivity index (χ0v) is 20.9. The van der Waals surface area contributed by atoms with E-state index in [0.29, 0.717) is 53.5 Å². The summed E-state index contributed by atoms with van der Waals surface area (Å²) in [5.74, 6) is 0.212. The first-order valence-electron chi connectivity index (χ1n) is 11.6. The van der Waals surface area contributed by atoms with E-state index in [2.05, 4.69) is 32.0 Å². The Bertz CT molecular complexity index is 1300. The lowest BCUT2D eigenvalue weighted by Gasteiger charge is -2.14. The van der Waals surface area contributed by atoms with Crippen molar-refractivity contribution < 1.29 is 19.1 Å². The van der Waals surface area contributed by atoms with E-state index in [1.165, 1.54) is 18.9 Å². The van der Waals surface area contributed by atoms with E-state index >= 15 is 0 Å². The van der Waals surface area contributed by atoms with Crippen LogP contribution < -0.4 is 22.1 Å². The third-order valence-corrected chi connectivity index (χ3v) is 5.35. The summed E-state index contributed by atoms with van der Waals surface area (Å²) in [4.78, 5) is 27.9. The van der Waals surface area contributed by atoms with Gasteiger partial charge in [0.15, 0.2) is 0 Å². The molecular formula is C26H31N7O4. The van der Waals surface area contributed by atoms with Crippen LogP contribution in [0.3, 0.4) is 0 Å². The van der Waals surface area contributed by atoms with Crippen molar-refractivity contribution in [3.8, 4) is 0 Å². The number of nitrogen functional groups attached to an aromatic ring is 2. The first kappa shape index (κ1) is 26.8. The number of aliphatic imine (C=N–C) groups is 1. The zero-order chi connectivity index (χ0) is 26.8. The molecule has 6 N–H and O–H groups in total. The van der Waals surface area contributed by atoms with Crippen molar-refractivity contribution in [3.63, 3.8) is 0 Å². The number of nitrogens with two attached hydrogens (primary N) is 2. The van der Waals surface area contributed by atoms with E-state index in [0.717, 1.165) is 12.0 Å². The largest absolute Gasteiger partial charge is 0.469 e. The first-order valence-corrected chi connectivity index (χ1v) is 11.6. The Morgan fingerprint density at radius 2 is 1.76 bits per heavy atom. The molecule has 3 aromatic rings. The van der Waals surface area contributed by atoms with Crippen LogP contribution in [0.1, 0.15) is 35.2 Å². The molecule has 0 bridgehead atoms. The van der Waals surface area contributed by atoms with Crippen LogP contribution in [0.4, 0.5) is 22.9 Å². The first-order chi connectivity index (χ1) is 17.8. The molecule has 0 aliphatic heterocycles. The van der Waals surface area contributed by atoms with Gasteiger partial charge in [0, 0.05) is 29.0 Å². The minimum atomic E-state index is -0.470. The van der Waals surface area contributed by atoms with Gasteiger partial charge in [-0.15, -0.1) is 0 Å². The highest BCUT2D eigenvalue weighted by Crippen LogP contribution is 2.19. The number of unbranched alkanes of at least 4 members (excludes halogenated alkanes) is 1. The SMILES string of the molecule is C=C(/N=C(/Nc1cccc(C(=O)OC)c1)n1ncc(CCCCC(=O)OC)c1N)Nc1cccc(N)c1. The normalized spacial score (nSPS) is 11.0. The molecule has 194 valence electrons. The van der Waals surface area contributed by atoms with E-state index < -0.39 is 5.97 Å². The minimum Gasteiger partial charge on any atom is -0.469 e. The second kappa shape index (κ2) is 12.8. The fourth-order valence-corrected chi connectivity index (χ4v) is 3.48. The Kier molecular flexibility index (Phi) is 9.25. The summed E-state index contributed by atoms with van der Waals surface area (Å²) in [5.41, 5.74) is 15.3. The molecule has 0 aliphatic carbocycles. The third kappa shape index (κ3) is 7.59. The van der Waals surface area contributed by atoms with Gasteiger partial charge in [0.05, 0.1) is 26.0 Å². The number of aryl methyl sites for hydroxylation is 1. The summed E-state index contributed by atoms with van der Waals surface area (Å²) in [6, 6.07) is 13.9. The fraction of sp³-hybridized carbons (Fsp3) is 0.231. The van der Waals surface area contributed by atoms with Crippen LogP contribution in [-0.2, 0) is 20.7 Å². The number of benzene rings is 2. The average Bonchev–Trinajstić information content (AvgIpc) is 3.25. The summed E-state index contributed by atoms with van der Waals surface area (Å²) in [7, 11) is 2.69. The highest BCUT2D eigenvalue weighted by Gasteiger charge is 2.15. The Morgan fingerprint density at radius 3 is 2.46 bits per heavy atom. The molecule has 0 saturated carbocycles. The molecule has 0 amide bonds. The molecule has 0 fully saturated rings. The van der Waals surface area contributed by atoms with Gasteiger partial charge in [0.2, 0.25) is 5.96 Å². The Balaban J connectivity index is 1.86. The van der Waals surface area contributed by atoms with Crippen LogP contribution in [0.5, 0.6) is 0 Å². The molecule has 11 nitrogen and oxygen atoms in total. The smallest absolute Gasteiger partial charge is 0.337 e. The maximum absolute atomic E-state index is 12.0. The van der Waals surface area contributed by atoms with Crippen LogP contribution in [0, 0.1) is 0 Å². The fourth-order valence-electron chi connectivity index (χ4n) is 3.48. The monoisotopic (exact) mass is 505 g/mol. The molecular weight excluding hydrogens is 474 g/mol. The lowest BCUT2D eigenvalue weighted by atomic mass is 10.1.